The number of carboxylic acid groups (broad SMARTS) is 1. The molecule has 0 aliphatic carbocycles. The predicted octanol–water partition coefficient (Wildman–Crippen LogP) is 5.04. The molecule has 0 atom stereocenters. The van der Waals surface area contributed by atoms with Crippen molar-refractivity contribution in [1.29, 1.82) is 0 Å². The molecule has 0 bridgehead atoms. The van der Waals surface area contributed by atoms with Crippen LogP contribution in [0.3, 0.4) is 0 Å². The number of carboxylic acids is 1. The van der Waals surface area contributed by atoms with E-state index in [4.69, 9.17) is 11.6 Å². The predicted molar refractivity (Wildman–Crippen MR) is 128 cm³/mol. The first kappa shape index (κ1) is 24.2. The molecule has 1 N–H and O–H groups in total. The van der Waals surface area contributed by atoms with E-state index in [1.807, 2.05) is 12.1 Å². The third-order valence-electron chi connectivity index (χ3n) is 5.67. The summed E-state index contributed by atoms with van der Waals surface area (Å²) in [5.74, 6) is -1.65. The molecule has 0 fully saturated rings. The Balaban J connectivity index is 1.69. The Morgan fingerprint density at radius 3 is 2.32 bits per heavy atom. The third kappa shape index (κ3) is 4.56. The molecule has 0 saturated carbocycles. The molecule has 4 heterocycles. The summed E-state index contributed by atoms with van der Waals surface area (Å²) in [7, 11) is 0. The van der Waals surface area contributed by atoms with Gasteiger partial charge in [-0.15, -0.1) is 5.10 Å². The third-order valence-corrected chi connectivity index (χ3v) is 5.92. The Morgan fingerprint density at radius 1 is 0.973 bits per heavy atom. The largest absolute Gasteiger partial charge is 0.477 e. The summed E-state index contributed by atoms with van der Waals surface area (Å²) < 4.78 is 41.5. The van der Waals surface area contributed by atoms with Gasteiger partial charge in [0, 0.05) is 34.7 Å². The van der Waals surface area contributed by atoms with Crippen LogP contribution in [-0.4, -0.2) is 35.2 Å². The number of hydrogen-bond donors (Lipinski definition) is 1. The van der Waals surface area contributed by atoms with Gasteiger partial charge in [-0.05, 0) is 53.1 Å². The number of benzene rings is 1. The molecule has 8 nitrogen and oxygen atoms in total. The van der Waals surface area contributed by atoms with Crippen LogP contribution < -0.4 is 5.69 Å². The van der Waals surface area contributed by atoms with Crippen molar-refractivity contribution in [3.05, 3.63) is 106 Å². The zero-order valence-corrected chi connectivity index (χ0v) is 19.4. The van der Waals surface area contributed by atoms with Crippen molar-refractivity contribution < 1.29 is 23.1 Å². The monoisotopic (exact) mass is 525 g/mol. The Hall–Kier alpha value is -4.51. The topological polar surface area (TPSA) is 102 Å². The summed E-state index contributed by atoms with van der Waals surface area (Å²) in [6.07, 6.45) is -0.113. The number of fused-ring (bicyclic) bond motifs is 1. The van der Waals surface area contributed by atoms with Crippen molar-refractivity contribution in [1.82, 2.24) is 24.1 Å². The Kier molecular flexibility index (Phi) is 6.00. The Bertz CT molecular complexity index is 1700. The summed E-state index contributed by atoms with van der Waals surface area (Å²) in [6.45, 7) is -0.403. The first-order chi connectivity index (χ1) is 17.6. The number of halogens is 4. The lowest BCUT2D eigenvalue weighted by atomic mass is 9.96. The molecule has 186 valence electrons. The van der Waals surface area contributed by atoms with Gasteiger partial charge in [0.2, 0.25) is 0 Å². The smallest absolute Gasteiger partial charge is 0.433 e. The molecule has 0 aliphatic heterocycles. The molecular weight excluding hydrogens is 511 g/mol. The van der Waals surface area contributed by atoms with Crippen molar-refractivity contribution in [2.24, 2.45) is 0 Å². The number of hydrogen-bond acceptors (Lipinski definition) is 5. The first-order valence-corrected chi connectivity index (χ1v) is 11.1. The zero-order valence-electron chi connectivity index (χ0n) is 18.6. The average molecular weight is 526 g/mol. The highest BCUT2D eigenvalue weighted by molar-refractivity contribution is 6.30. The van der Waals surface area contributed by atoms with Gasteiger partial charge in [-0.1, -0.05) is 29.8 Å². The van der Waals surface area contributed by atoms with Gasteiger partial charge in [-0.2, -0.15) is 13.2 Å². The summed E-state index contributed by atoms with van der Waals surface area (Å²) in [5.41, 5.74) is 0.269. The van der Waals surface area contributed by atoms with Crippen LogP contribution in [0.4, 0.5) is 13.2 Å². The molecular formula is C25H15ClF3N5O3. The van der Waals surface area contributed by atoms with Crippen LogP contribution in [0.15, 0.2) is 78.0 Å². The second-order valence-corrected chi connectivity index (χ2v) is 8.42. The van der Waals surface area contributed by atoms with Crippen molar-refractivity contribution in [2.75, 3.05) is 0 Å². The number of carbonyl (C=O) groups is 1. The van der Waals surface area contributed by atoms with E-state index in [2.05, 4.69) is 15.1 Å². The zero-order chi connectivity index (χ0) is 26.3. The highest BCUT2D eigenvalue weighted by atomic mass is 35.5. The van der Waals surface area contributed by atoms with Gasteiger partial charge in [0.15, 0.2) is 11.3 Å². The maximum absolute atomic E-state index is 13.2. The average Bonchev–Trinajstić information content (AvgIpc) is 3.19. The van der Waals surface area contributed by atoms with E-state index in [0.29, 0.717) is 22.2 Å². The number of aromatic nitrogens is 5. The maximum atomic E-state index is 13.2. The normalized spacial score (nSPS) is 11.7. The van der Waals surface area contributed by atoms with E-state index in [1.54, 1.807) is 42.7 Å². The van der Waals surface area contributed by atoms with Crippen molar-refractivity contribution >= 4 is 23.2 Å². The van der Waals surface area contributed by atoms with Gasteiger partial charge in [0.25, 0.3) is 0 Å². The number of pyridine rings is 3. The lowest BCUT2D eigenvalue weighted by Crippen LogP contribution is -2.23. The summed E-state index contributed by atoms with van der Waals surface area (Å²) in [6, 6.07) is 14.0. The quantitative estimate of drug-likeness (QED) is 0.345. The van der Waals surface area contributed by atoms with Crippen LogP contribution >= 0.6 is 11.6 Å². The molecule has 0 radical (unpaired) electrons. The van der Waals surface area contributed by atoms with E-state index >= 15 is 0 Å². The van der Waals surface area contributed by atoms with Gasteiger partial charge in [0.1, 0.15) is 5.69 Å². The second kappa shape index (κ2) is 9.17. The highest BCUT2D eigenvalue weighted by Crippen LogP contribution is 2.35. The van der Waals surface area contributed by atoms with E-state index in [-0.39, 0.29) is 11.2 Å². The second-order valence-electron chi connectivity index (χ2n) is 7.99. The fraction of sp³-hybridized carbons (Fsp3) is 0.0800. The Labute approximate surface area is 211 Å². The van der Waals surface area contributed by atoms with E-state index in [1.165, 1.54) is 10.6 Å². The molecule has 0 amide bonds. The first-order valence-electron chi connectivity index (χ1n) is 10.7. The van der Waals surface area contributed by atoms with Crippen molar-refractivity contribution in [2.45, 2.75) is 12.7 Å². The number of nitrogens with zero attached hydrogens (tertiary/aromatic N) is 5. The molecule has 5 rings (SSSR count). The molecule has 0 saturated heterocycles. The number of alkyl halides is 3. The highest BCUT2D eigenvalue weighted by Gasteiger charge is 2.34. The van der Waals surface area contributed by atoms with Crippen LogP contribution in [-0.2, 0) is 12.7 Å². The summed E-state index contributed by atoms with van der Waals surface area (Å²) >= 11 is 6.04. The lowest BCUT2D eigenvalue weighted by molar-refractivity contribution is -0.141. The van der Waals surface area contributed by atoms with Gasteiger partial charge in [-0.25, -0.2) is 23.7 Å². The van der Waals surface area contributed by atoms with Crippen molar-refractivity contribution in [3.8, 4) is 22.3 Å². The van der Waals surface area contributed by atoms with Gasteiger partial charge >= 0.3 is 17.8 Å². The van der Waals surface area contributed by atoms with E-state index in [9.17, 15) is 27.9 Å². The minimum absolute atomic E-state index is 0.102. The fourth-order valence-electron chi connectivity index (χ4n) is 3.97. The lowest BCUT2D eigenvalue weighted by Gasteiger charge is -2.11. The van der Waals surface area contributed by atoms with Crippen molar-refractivity contribution in [3.63, 3.8) is 0 Å². The van der Waals surface area contributed by atoms with Gasteiger partial charge in [0.05, 0.1) is 6.54 Å². The minimum Gasteiger partial charge on any atom is -0.477 e. The van der Waals surface area contributed by atoms with Gasteiger partial charge < -0.3 is 5.11 Å². The summed E-state index contributed by atoms with van der Waals surface area (Å²) in [4.78, 5) is 32.2. The van der Waals surface area contributed by atoms with Crippen LogP contribution in [0.2, 0.25) is 5.02 Å². The summed E-state index contributed by atoms with van der Waals surface area (Å²) in [5, 5.41) is 14.4. The van der Waals surface area contributed by atoms with Crippen LogP contribution in [0.25, 0.3) is 27.9 Å². The maximum Gasteiger partial charge on any atom is 0.433 e. The van der Waals surface area contributed by atoms with E-state index < -0.39 is 35.8 Å². The van der Waals surface area contributed by atoms with E-state index in [0.717, 1.165) is 21.9 Å². The standard InChI is InChI=1S/C25H15ClF3N5O3/c26-17-4-1-14(2-5-17)18-9-12-33-22(20(18)15-7-10-30-11-8-15)32-34(24(33)37)13-16-3-6-19(25(27,28)29)31-21(16)23(35)36/h1-12H,13H2,(H,35,36). The molecule has 4 aromatic heterocycles. The fourth-order valence-corrected chi connectivity index (χ4v) is 4.10. The number of aromatic carboxylic acids is 1. The van der Waals surface area contributed by atoms with Crippen LogP contribution in [0, 0.1) is 0 Å². The minimum atomic E-state index is -4.82. The molecule has 0 spiro atoms. The molecule has 37 heavy (non-hydrogen) atoms. The molecule has 0 aliphatic rings. The SMILES string of the molecule is O=C(O)c1nc(C(F)(F)F)ccc1Cn1nc2c(-c3ccncc3)c(-c3ccc(Cl)cc3)ccn2c1=O. The molecule has 5 aromatic rings. The Morgan fingerprint density at radius 2 is 1.68 bits per heavy atom. The molecule has 12 heteroatoms. The van der Waals surface area contributed by atoms with Crippen LogP contribution in [0.5, 0.6) is 0 Å². The van der Waals surface area contributed by atoms with Gasteiger partial charge in [-0.3, -0.25) is 4.98 Å². The van der Waals surface area contributed by atoms with Crippen LogP contribution in [0.1, 0.15) is 21.7 Å². The molecule has 0 unspecified atom stereocenters. The molecule has 1 aromatic carbocycles. The number of rotatable bonds is 5.